The lowest BCUT2D eigenvalue weighted by Crippen LogP contribution is -2.29. The zero-order valence-corrected chi connectivity index (χ0v) is 19.5. The summed E-state index contributed by atoms with van der Waals surface area (Å²) in [6, 6.07) is 17.0. The average molecular weight is 461 g/mol. The van der Waals surface area contributed by atoms with Crippen LogP contribution in [0.25, 0.3) is 5.76 Å². The number of benzene rings is 2. The molecule has 2 heterocycles. The Morgan fingerprint density at radius 3 is 2.27 bits per heavy atom. The van der Waals surface area contributed by atoms with E-state index < -0.39 is 23.5 Å². The number of ketones is 1. The van der Waals surface area contributed by atoms with Crippen molar-refractivity contribution in [1.29, 1.82) is 0 Å². The molecule has 33 heavy (non-hydrogen) atoms. The minimum Gasteiger partial charge on any atom is -0.872 e. The summed E-state index contributed by atoms with van der Waals surface area (Å²) in [5.41, 5.74) is 2.91. The average Bonchev–Trinajstić information content (AvgIpc) is 3.04. The van der Waals surface area contributed by atoms with Gasteiger partial charge in [-0.15, -0.1) is 0 Å². The van der Waals surface area contributed by atoms with Gasteiger partial charge in [0, 0.05) is 22.2 Å². The number of H-pyrrole nitrogens is 1. The Labute approximate surface area is 198 Å². The van der Waals surface area contributed by atoms with E-state index in [1.54, 1.807) is 36.7 Å². The number of hydrogen-bond donors (Lipinski definition) is 0. The van der Waals surface area contributed by atoms with Crippen molar-refractivity contribution in [3.05, 3.63) is 106 Å². The van der Waals surface area contributed by atoms with Crippen LogP contribution in [0, 0.1) is 0 Å². The van der Waals surface area contributed by atoms with Crippen LogP contribution in [-0.4, -0.2) is 16.6 Å². The molecule has 4 rings (SSSR count). The van der Waals surface area contributed by atoms with E-state index >= 15 is 0 Å². The van der Waals surface area contributed by atoms with Crippen LogP contribution in [0.2, 0.25) is 5.02 Å². The van der Waals surface area contributed by atoms with E-state index in [9.17, 15) is 14.7 Å². The SMILES string of the molecule is CC(C)(C)c1ccc(C2C(=C([O-])c3ccc(Cl)cc3)C(=O)C(=O)N2Cc2ccc[nH+]c2)cc1. The second kappa shape index (κ2) is 8.83. The van der Waals surface area contributed by atoms with Crippen molar-refractivity contribution in [2.45, 2.75) is 38.8 Å². The van der Waals surface area contributed by atoms with E-state index in [-0.39, 0.29) is 17.5 Å². The van der Waals surface area contributed by atoms with Gasteiger partial charge in [-0.3, -0.25) is 9.59 Å². The number of aromatic amines is 1. The first-order valence-electron chi connectivity index (χ1n) is 10.7. The molecule has 1 unspecified atom stereocenters. The number of hydrogen-bond acceptors (Lipinski definition) is 3. The highest BCUT2D eigenvalue weighted by Gasteiger charge is 2.44. The fourth-order valence-electron chi connectivity index (χ4n) is 4.03. The molecule has 3 aromatic rings. The first-order chi connectivity index (χ1) is 15.7. The van der Waals surface area contributed by atoms with E-state index in [1.807, 2.05) is 36.4 Å². The molecule has 0 saturated carbocycles. The maximum absolute atomic E-state index is 13.4. The monoisotopic (exact) mass is 460 g/mol. The molecule has 1 fully saturated rings. The van der Waals surface area contributed by atoms with Gasteiger partial charge >= 0.3 is 0 Å². The van der Waals surface area contributed by atoms with Crippen LogP contribution in [-0.2, 0) is 21.5 Å². The highest BCUT2D eigenvalue weighted by Crippen LogP contribution is 2.40. The fourth-order valence-corrected chi connectivity index (χ4v) is 4.15. The Kier molecular flexibility index (Phi) is 6.09. The van der Waals surface area contributed by atoms with Gasteiger partial charge < -0.3 is 10.0 Å². The Morgan fingerprint density at radius 1 is 1.03 bits per heavy atom. The molecule has 1 saturated heterocycles. The molecular formula is C27H25ClN2O3. The van der Waals surface area contributed by atoms with E-state index in [2.05, 4.69) is 25.8 Å². The summed E-state index contributed by atoms with van der Waals surface area (Å²) >= 11 is 5.97. The van der Waals surface area contributed by atoms with Crippen molar-refractivity contribution in [3.63, 3.8) is 0 Å². The maximum Gasteiger partial charge on any atom is 0.295 e. The van der Waals surface area contributed by atoms with Gasteiger partial charge in [-0.1, -0.05) is 74.5 Å². The molecule has 0 aliphatic carbocycles. The van der Waals surface area contributed by atoms with Gasteiger partial charge in [-0.25, -0.2) is 4.98 Å². The van der Waals surface area contributed by atoms with Gasteiger partial charge in [0.15, 0.2) is 12.4 Å². The Bertz CT molecular complexity index is 1210. The molecule has 1 aromatic heterocycles. The van der Waals surface area contributed by atoms with Crippen molar-refractivity contribution < 1.29 is 19.7 Å². The third kappa shape index (κ3) is 4.55. The summed E-state index contributed by atoms with van der Waals surface area (Å²) in [4.78, 5) is 30.7. The number of amides is 1. The second-order valence-corrected chi connectivity index (χ2v) is 9.63. The molecule has 1 amide bonds. The number of aromatic nitrogens is 1. The quantitative estimate of drug-likeness (QED) is 0.337. The summed E-state index contributed by atoms with van der Waals surface area (Å²) in [5.74, 6) is -1.90. The number of likely N-dealkylation sites (tertiary alicyclic amines) is 1. The first-order valence-corrected chi connectivity index (χ1v) is 11.1. The highest BCUT2D eigenvalue weighted by atomic mass is 35.5. The predicted molar refractivity (Wildman–Crippen MR) is 125 cm³/mol. The summed E-state index contributed by atoms with van der Waals surface area (Å²) in [6.07, 6.45) is 3.54. The number of rotatable bonds is 4. The molecule has 1 N–H and O–H groups in total. The van der Waals surface area contributed by atoms with Crippen molar-refractivity contribution in [3.8, 4) is 0 Å². The third-order valence-corrected chi connectivity index (χ3v) is 6.10. The van der Waals surface area contributed by atoms with Crippen molar-refractivity contribution >= 4 is 29.1 Å². The number of carbonyl (C=O) groups excluding carboxylic acids is 2. The van der Waals surface area contributed by atoms with Crippen LogP contribution in [0.15, 0.2) is 78.6 Å². The van der Waals surface area contributed by atoms with Gasteiger partial charge in [-0.05, 0) is 40.3 Å². The number of nitrogens with zero attached hydrogens (tertiary/aromatic N) is 1. The summed E-state index contributed by atoms with van der Waals surface area (Å²) in [6.45, 7) is 6.55. The van der Waals surface area contributed by atoms with Gasteiger partial charge in [0.25, 0.3) is 5.91 Å². The summed E-state index contributed by atoms with van der Waals surface area (Å²) in [5, 5.41) is 13.9. The maximum atomic E-state index is 13.4. The second-order valence-electron chi connectivity index (χ2n) is 9.20. The Hall–Kier alpha value is -3.44. The summed E-state index contributed by atoms with van der Waals surface area (Å²) < 4.78 is 0. The van der Waals surface area contributed by atoms with Crippen LogP contribution in [0.5, 0.6) is 0 Å². The number of Topliss-reactive ketones (excluding diaryl/α,β-unsaturated/α-hetero) is 1. The molecule has 5 nitrogen and oxygen atoms in total. The van der Waals surface area contributed by atoms with E-state index in [0.717, 1.165) is 16.7 Å². The third-order valence-electron chi connectivity index (χ3n) is 5.85. The molecule has 6 heteroatoms. The zero-order chi connectivity index (χ0) is 23.8. The molecule has 0 bridgehead atoms. The minimum atomic E-state index is -0.776. The minimum absolute atomic E-state index is 0.0364. The van der Waals surface area contributed by atoms with E-state index in [4.69, 9.17) is 11.6 Å². The number of halogens is 1. The van der Waals surface area contributed by atoms with Gasteiger partial charge in [0.2, 0.25) is 5.78 Å². The molecule has 168 valence electrons. The Morgan fingerprint density at radius 2 is 1.70 bits per heavy atom. The lowest BCUT2D eigenvalue weighted by Gasteiger charge is -2.28. The smallest absolute Gasteiger partial charge is 0.295 e. The molecule has 0 radical (unpaired) electrons. The van der Waals surface area contributed by atoms with Crippen LogP contribution < -0.4 is 10.1 Å². The van der Waals surface area contributed by atoms with Gasteiger partial charge in [-0.2, -0.15) is 0 Å². The normalized spacial score (nSPS) is 18.1. The molecule has 1 atom stereocenters. The zero-order valence-electron chi connectivity index (χ0n) is 18.8. The molecule has 0 spiro atoms. The van der Waals surface area contributed by atoms with Crippen molar-refractivity contribution in [1.82, 2.24) is 4.90 Å². The Balaban J connectivity index is 1.85. The van der Waals surface area contributed by atoms with Crippen molar-refractivity contribution in [2.24, 2.45) is 0 Å². The topological polar surface area (TPSA) is 74.6 Å². The highest BCUT2D eigenvalue weighted by molar-refractivity contribution is 6.46. The molecule has 2 aromatic carbocycles. The largest absolute Gasteiger partial charge is 0.872 e. The lowest BCUT2D eigenvalue weighted by molar-refractivity contribution is -0.378. The van der Waals surface area contributed by atoms with E-state index in [1.165, 1.54) is 4.90 Å². The van der Waals surface area contributed by atoms with Crippen LogP contribution in [0.4, 0.5) is 0 Å². The standard InChI is InChI=1S/C27H25ClN2O3/c1-27(2,3)20-10-6-18(7-11-20)23-22(24(31)19-8-12-21(28)13-9-19)25(32)26(33)30(23)16-17-5-4-14-29-15-17/h4-15,23,31H,16H2,1-3H3. The number of nitrogens with one attached hydrogen (secondary N) is 1. The van der Waals surface area contributed by atoms with Gasteiger partial charge in [0.1, 0.15) is 0 Å². The predicted octanol–water partition coefficient (Wildman–Crippen LogP) is 3.88. The van der Waals surface area contributed by atoms with Crippen LogP contribution in [0.3, 0.4) is 0 Å². The molecule has 1 aliphatic heterocycles. The van der Waals surface area contributed by atoms with E-state index in [0.29, 0.717) is 10.6 Å². The first kappa shape index (κ1) is 22.7. The summed E-state index contributed by atoms with van der Waals surface area (Å²) in [7, 11) is 0. The van der Waals surface area contributed by atoms with Gasteiger partial charge in [0.05, 0.1) is 12.6 Å². The lowest BCUT2D eigenvalue weighted by atomic mass is 9.85. The van der Waals surface area contributed by atoms with Crippen LogP contribution in [0.1, 0.15) is 49.1 Å². The van der Waals surface area contributed by atoms with Crippen LogP contribution >= 0.6 is 11.6 Å². The number of pyridine rings is 1. The fraction of sp³-hybridized carbons (Fsp3) is 0.222. The molecular weight excluding hydrogens is 436 g/mol. The van der Waals surface area contributed by atoms with Crippen molar-refractivity contribution in [2.75, 3.05) is 0 Å². The number of carbonyl (C=O) groups is 2. The molecule has 1 aliphatic rings.